The van der Waals surface area contributed by atoms with Crippen LogP contribution < -0.4 is 14.2 Å². The number of hydrogen-bond donors (Lipinski definition) is 1. The van der Waals surface area contributed by atoms with Gasteiger partial charge < -0.3 is 24.1 Å². The van der Waals surface area contributed by atoms with Crippen molar-refractivity contribution in [1.29, 1.82) is 0 Å². The van der Waals surface area contributed by atoms with Crippen LogP contribution in [0.4, 0.5) is 0 Å². The summed E-state index contributed by atoms with van der Waals surface area (Å²) in [5.41, 5.74) is 0.0992. The molecular formula is C15H20O6. The predicted molar refractivity (Wildman–Crippen MR) is 75.5 cm³/mol. The maximum absolute atomic E-state index is 11.1. The van der Waals surface area contributed by atoms with E-state index in [1.165, 1.54) is 26.4 Å². The van der Waals surface area contributed by atoms with Gasteiger partial charge in [-0.15, -0.1) is 0 Å². The molecule has 6 heteroatoms. The summed E-state index contributed by atoms with van der Waals surface area (Å²) in [6.45, 7) is 2.03. The zero-order chi connectivity index (χ0) is 15.2. The molecule has 1 N–H and O–H groups in total. The van der Waals surface area contributed by atoms with Gasteiger partial charge in [-0.1, -0.05) is 0 Å². The van der Waals surface area contributed by atoms with Gasteiger partial charge in [0.05, 0.1) is 26.4 Å². The Balaban J connectivity index is 2.17. The van der Waals surface area contributed by atoms with Crippen LogP contribution in [0.3, 0.4) is 0 Å². The van der Waals surface area contributed by atoms with Crippen molar-refractivity contribution in [2.75, 3.05) is 34.0 Å². The number of carboxylic acids is 1. The quantitative estimate of drug-likeness (QED) is 0.867. The summed E-state index contributed by atoms with van der Waals surface area (Å²) < 4.78 is 21.6. The van der Waals surface area contributed by atoms with E-state index in [4.69, 9.17) is 24.1 Å². The standard InChI is InChI=1S/C15H20O6/c1-18-12-7-11(15(16)17)8-13(19-2)14(12)21-9-10-3-5-20-6-4-10/h7-8,10H,3-6,9H2,1-2H3,(H,16,17). The van der Waals surface area contributed by atoms with Gasteiger partial charge in [-0.2, -0.15) is 0 Å². The number of carbonyl (C=O) groups is 1. The Morgan fingerprint density at radius 1 is 1.24 bits per heavy atom. The summed E-state index contributed by atoms with van der Waals surface area (Å²) in [7, 11) is 2.95. The van der Waals surface area contributed by atoms with Crippen molar-refractivity contribution in [1.82, 2.24) is 0 Å². The lowest BCUT2D eigenvalue weighted by molar-refractivity contribution is 0.0488. The Hall–Kier alpha value is -1.95. The topological polar surface area (TPSA) is 74.2 Å². The van der Waals surface area contributed by atoms with Gasteiger partial charge in [-0.05, 0) is 30.9 Å². The summed E-state index contributed by atoms with van der Waals surface area (Å²) in [4.78, 5) is 11.1. The number of hydrogen-bond acceptors (Lipinski definition) is 5. The number of carboxylic acid groups (broad SMARTS) is 1. The van der Waals surface area contributed by atoms with E-state index in [0.29, 0.717) is 29.8 Å². The van der Waals surface area contributed by atoms with Crippen LogP contribution in [0, 0.1) is 5.92 Å². The molecule has 0 atom stereocenters. The maximum atomic E-state index is 11.1. The molecule has 1 aliphatic rings. The molecule has 1 aromatic carbocycles. The van der Waals surface area contributed by atoms with Gasteiger partial charge in [0.15, 0.2) is 11.5 Å². The van der Waals surface area contributed by atoms with Gasteiger partial charge in [-0.3, -0.25) is 0 Å². The summed E-state index contributed by atoms with van der Waals surface area (Å²) >= 11 is 0. The van der Waals surface area contributed by atoms with Gasteiger partial charge in [-0.25, -0.2) is 4.79 Å². The predicted octanol–water partition coefficient (Wildman–Crippen LogP) is 2.21. The molecule has 1 saturated heterocycles. The fourth-order valence-electron chi connectivity index (χ4n) is 2.26. The van der Waals surface area contributed by atoms with Gasteiger partial charge in [0.2, 0.25) is 5.75 Å². The molecule has 1 fully saturated rings. The highest BCUT2D eigenvalue weighted by Crippen LogP contribution is 2.39. The molecule has 0 bridgehead atoms. The molecule has 1 aromatic rings. The average Bonchev–Trinajstić information content (AvgIpc) is 2.52. The lowest BCUT2D eigenvalue weighted by atomic mass is 10.0. The molecule has 0 unspecified atom stereocenters. The van der Waals surface area contributed by atoms with E-state index in [2.05, 4.69) is 0 Å². The third-order valence-corrected chi connectivity index (χ3v) is 3.51. The normalized spacial score (nSPS) is 15.5. The van der Waals surface area contributed by atoms with E-state index < -0.39 is 5.97 Å². The van der Waals surface area contributed by atoms with Crippen LogP contribution >= 0.6 is 0 Å². The molecule has 2 rings (SSSR count). The molecule has 21 heavy (non-hydrogen) atoms. The van der Waals surface area contributed by atoms with Crippen LogP contribution in [0.15, 0.2) is 12.1 Å². The molecule has 6 nitrogen and oxygen atoms in total. The first-order chi connectivity index (χ1) is 10.2. The fraction of sp³-hybridized carbons (Fsp3) is 0.533. The number of methoxy groups -OCH3 is 2. The van der Waals surface area contributed by atoms with Crippen LogP contribution in [-0.4, -0.2) is 45.1 Å². The lowest BCUT2D eigenvalue weighted by Crippen LogP contribution is -2.21. The van der Waals surface area contributed by atoms with Crippen molar-refractivity contribution in [3.05, 3.63) is 17.7 Å². The number of rotatable bonds is 6. The Labute approximate surface area is 123 Å². The number of benzene rings is 1. The van der Waals surface area contributed by atoms with Crippen molar-refractivity contribution in [2.24, 2.45) is 5.92 Å². The highest BCUT2D eigenvalue weighted by Gasteiger charge is 2.20. The first kappa shape index (κ1) is 15.4. The van der Waals surface area contributed by atoms with E-state index >= 15 is 0 Å². The van der Waals surface area contributed by atoms with Gasteiger partial charge in [0.1, 0.15) is 0 Å². The molecule has 0 radical (unpaired) electrons. The maximum Gasteiger partial charge on any atom is 0.335 e. The van der Waals surface area contributed by atoms with E-state index in [1.54, 1.807) is 0 Å². The zero-order valence-corrected chi connectivity index (χ0v) is 12.3. The molecule has 0 saturated carbocycles. The second-order valence-electron chi connectivity index (χ2n) is 4.88. The molecule has 0 aliphatic carbocycles. The van der Waals surface area contributed by atoms with E-state index in [1.807, 2.05) is 0 Å². The summed E-state index contributed by atoms with van der Waals surface area (Å²) in [5.74, 6) is 0.545. The van der Waals surface area contributed by atoms with Crippen LogP contribution in [0.1, 0.15) is 23.2 Å². The van der Waals surface area contributed by atoms with Crippen molar-refractivity contribution in [3.8, 4) is 17.2 Å². The Bertz CT molecular complexity index is 468. The summed E-state index contributed by atoms with van der Waals surface area (Å²) in [6.07, 6.45) is 1.91. The zero-order valence-electron chi connectivity index (χ0n) is 12.3. The van der Waals surface area contributed by atoms with Crippen molar-refractivity contribution in [2.45, 2.75) is 12.8 Å². The first-order valence-corrected chi connectivity index (χ1v) is 6.85. The molecule has 1 aliphatic heterocycles. The first-order valence-electron chi connectivity index (χ1n) is 6.85. The van der Waals surface area contributed by atoms with E-state index in [9.17, 15) is 4.79 Å². The third kappa shape index (κ3) is 3.78. The van der Waals surface area contributed by atoms with E-state index in [0.717, 1.165) is 26.1 Å². The van der Waals surface area contributed by atoms with Crippen LogP contribution in [0.5, 0.6) is 17.2 Å². The molecule has 116 valence electrons. The Morgan fingerprint density at radius 2 is 1.81 bits per heavy atom. The molecule has 0 aromatic heterocycles. The number of aromatic carboxylic acids is 1. The van der Waals surface area contributed by atoms with Crippen LogP contribution in [0.25, 0.3) is 0 Å². The Morgan fingerprint density at radius 3 is 2.29 bits per heavy atom. The van der Waals surface area contributed by atoms with Crippen molar-refractivity contribution >= 4 is 5.97 Å². The lowest BCUT2D eigenvalue weighted by Gasteiger charge is -2.23. The second-order valence-corrected chi connectivity index (χ2v) is 4.88. The summed E-state index contributed by atoms with van der Waals surface area (Å²) in [6, 6.07) is 2.87. The smallest absolute Gasteiger partial charge is 0.335 e. The highest BCUT2D eigenvalue weighted by molar-refractivity contribution is 5.89. The van der Waals surface area contributed by atoms with E-state index in [-0.39, 0.29) is 5.56 Å². The van der Waals surface area contributed by atoms with Gasteiger partial charge >= 0.3 is 5.97 Å². The minimum Gasteiger partial charge on any atom is -0.493 e. The molecule has 0 spiro atoms. The number of ether oxygens (including phenoxy) is 4. The Kier molecular flexibility index (Phi) is 5.27. The van der Waals surface area contributed by atoms with Crippen molar-refractivity contribution < 1.29 is 28.8 Å². The van der Waals surface area contributed by atoms with Crippen molar-refractivity contribution in [3.63, 3.8) is 0 Å². The van der Waals surface area contributed by atoms with Gasteiger partial charge in [0, 0.05) is 13.2 Å². The molecule has 0 amide bonds. The minimum absolute atomic E-state index is 0.0992. The average molecular weight is 296 g/mol. The van der Waals surface area contributed by atoms with Crippen LogP contribution in [-0.2, 0) is 4.74 Å². The monoisotopic (exact) mass is 296 g/mol. The second kappa shape index (κ2) is 7.17. The third-order valence-electron chi connectivity index (χ3n) is 3.51. The molecular weight excluding hydrogens is 276 g/mol. The summed E-state index contributed by atoms with van der Waals surface area (Å²) in [5, 5.41) is 9.08. The largest absolute Gasteiger partial charge is 0.493 e. The molecule has 1 heterocycles. The fourth-order valence-corrected chi connectivity index (χ4v) is 2.26. The van der Waals surface area contributed by atoms with Crippen LogP contribution in [0.2, 0.25) is 0 Å². The highest BCUT2D eigenvalue weighted by atomic mass is 16.5. The SMILES string of the molecule is COc1cc(C(=O)O)cc(OC)c1OCC1CCOCC1. The van der Waals surface area contributed by atoms with Gasteiger partial charge in [0.25, 0.3) is 0 Å². The minimum atomic E-state index is -1.04.